The molecule has 0 radical (unpaired) electrons. The molecule has 1 aliphatic rings. The highest BCUT2D eigenvalue weighted by Gasteiger charge is 2.41. The van der Waals surface area contributed by atoms with E-state index in [2.05, 4.69) is 5.32 Å². The maximum absolute atomic E-state index is 14.9. The van der Waals surface area contributed by atoms with Crippen molar-refractivity contribution in [1.29, 1.82) is 0 Å². The van der Waals surface area contributed by atoms with E-state index >= 15 is 0 Å². The van der Waals surface area contributed by atoms with E-state index in [4.69, 9.17) is 9.47 Å². The number of ether oxygens (including phenoxy) is 2. The third kappa shape index (κ3) is 6.91. The Morgan fingerprint density at radius 3 is 2.21 bits per heavy atom. The summed E-state index contributed by atoms with van der Waals surface area (Å²) in [5.74, 6) is -3.22. The average molecular weight is 481 g/mol. The van der Waals surface area contributed by atoms with E-state index in [1.165, 1.54) is 25.3 Å². The Bertz CT molecular complexity index is 898. The zero-order valence-electron chi connectivity index (χ0n) is 21.1. The highest BCUT2D eigenvalue weighted by atomic mass is 19.1. The first kappa shape index (κ1) is 27.6. The zero-order chi connectivity index (χ0) is 25.8. The molecule has 0 bridgehead atoms. The molecular formula is C25H37FN2O6. The number of aliphatic hydroxyl groups excluding tert-OH is 1. The van der Waals surface area contributed by atoms with Gasteiger partial charge < -0.3 is 24.8 Å². The predicted octanol–water partition coefficient (Wildman–Crippen LogP) is 4.28. The number of anilines is 1. The maximum atomic E-state index is 14.9. The number of halogens is 1. The lowest BCUT2D eigenvalue weighted by Gasteiger charge is -2.37. The fourth-order valence-corrected chi connectivity index (χ4v) is 3.92. The van der Waals surface area contributed by atoms with Crippen LogP contribution in [0.1, 0.15) is 66.1 Å². The van der Waals surface area contributed by atoms with Gasteiger partial charge in [0.1, 0.15) is 11.4 Å². The third-order valence-corrected chi connectivity index (χ3v) is 5.79. The quantitative estimate of drug-likeness (QED) is 0.610. The van der Waals surface area contributed by atoms with Crippen molar-refractivity contribution in [3.05, 3.63) is 29.6 Å². The number of likely N-dealkylation sites (tertiary alicyclic amines) is 1. The molecule has 9 heteroatoms. The van der Waals surface area contributed by atoms with Crippen LogP contribution in [-0.4, -0.2) is 53.8 Å². The molecular weight excluding hydrogens is 443 g/mol. The molecule has 1 aromatic carbocycles. The van der Waals surface area contributed by atoms with Crippen molar-refractivity contribution in [2.45, 2.75) is 66.1 Å². The van der Waals surface area contributed by atoms with Crippen molar-refractivity contribution in [2.75, 3.05) is 25.5 Å². The van der Waals surface area contributed by atoms with E-state index < -0.39 is 40.9 Å². The number of amides is 2. The molecule has 1 aromatic rings. The van der Waals surface area contributed by atoms with Gasteiger partial charge in [0.2, 0.25) is 5.91 Å². The van der Waals surface area contributed by atoms with Gasteiger partial charge in [-0.1, -0.05) is 26.8 Å². The number of carbonyl (C=O) groups is 3. The lowest BCUT2D eigenvalue weighted by atomic mass is 9.78. The van der Waals surface area contributed by atoms with E-state index in [0.717, 1.165) is 0 Å². The molecule has 190 valence electrons. The number of nitrogens with one attached hydrogen (secondary N) is 1. The summed E-state index contributed by atoms with van der Waals surface area (Å²) in [6, 6.07) is 4.09. The minimum absolute atomic E-state index is 0.104. The lowest BCUT2D eigenvalue weighted by Crippen LogP contribution is -2.44. The highest BCUT2D eigenvalue weighted by molar-refractivity contribution is 5.95. The Balaban J connectivity index is 2.28. The molecule has 0 aliphatic carbocycles. The summed E-state index contributed by atoms with van der Waals surface area (Å²) in [6.07, 6.45) is -1.20. The van der Waals surface area contributed by atoms with Crippen LogP contribution in [-0.2, 0) is 19.1 Å². The topological polar surface area (TPSA) is 105 Å². The molecule has 0 saturated carbocycles. The molecule has 2 N–H and O–H groups in total. The second-order valence-electron chi connectivity index (χ2n) is 10.7. The molecule has 1 saturated heterocycles. The lowest BCUT2D eigenvalue weighted by molar-refractivity contribution is -0.153. The molecule has 8 nitrogen and oxygen atoms in total. The van der Waals surface area contributed by atoms with Gasteiger partial charge in [-0.25, -0.2) is 9.18 Å². The minimum atomic E-state index is -1.55. The molecule has 1 fully saturated rings. The summed E-state index contributed by atoms with van der Waals surface area (Å²) in [6.45, 7) is 11.1. The number of rotatable bonds is 5. The van der Waals surface area contributed by atoms with Gasteiger partial charge >= 0.3 is 12.1 Å². The molecule has 1 aliphatic heterocycles. The van der Waals surface area contributed by atoms with Crippen LogP contribution in [0.3, 0.4) is 0 Å². The Hall–Kier alpha value is -2.68. The summed E-state index contributed by atoms with van der Waals surface area (Å²) >= 11 is 0. The number of hydrogen-bond donors (Lipinski definition) is 2. The van der Waals surface area contributed by atoms with Crippen LogP contribution in [0, 0.1) is 23.1 Å². The molecule has 34 heavy (non-hydrogen) atoms. The predicted molar refractivity (Wildman–Crippen MR) is 125 cm³/mol. The minimum Gasteiger partial charge on any atom is -0.469 e. The highest BCUT2D eigenvalue weighted by Crippen LogP contribution is 2.39. The van der Waals surface area contributed by atoms with Crippen molar-refractivity contribution in [3.8, 4) is 0 Å². The van der Waals surface area contributed by atoms with Gasteiger partial charge in [-0.2, -0.15) is 0 Å². The summed E-state index contributed by atoms with van der Waals surface area (Å²) in [4.78, 5) is 39.2. The summed E-state index contributed by atoms with van der Waals surface area (Å²) in [5.41, 5.74) is -1.43. The molecule has 1 heterocycles. The van der Waals surface area contributed by atoms with Crippen LogP contribution in [0.25, 0.3) is 0 Å². The van der Waals surface area contributed by atoms with E-state index in [1.807, 2.05) is 0 Å². The molecule has 2 atom stereocenters. The number of benzene rings is 1. The second kappa shape index (κ2) is 10.7. The molecule has 2 amide bonds. The fourth-order valence-electron chi connectivity index (χ4n) is 3.92. The monoisotopic (exact) mass is 480 g/mol. The summed E-state index contributed by atoms with van der Waals surface area (Å²) < 4.78 is 25.3. The van der Waals surface area contributed by atoms with Gasteiger partial charge in [0.15, 0.2) is 0 Å². The first-order chi connectivity index (χ1) is 15.7. The number of nitrogens with zero attached hydrogens (tertiary/aromatic N) is 1. The van der Waals surface area contributed by atoms with Gasteiger partial charge in [0.05, 0.1) is 19.1 Å². The average Bonchev–Trinajstić information content (AvgIpc) is 2.72. The van der Waals surface area contributed by atoms with Crippen LogP contribution in [0.5, 0.6) is 0 Å². The van der Waals surface area contributed by atoms with Gasteiger partial charge in [0.25, 0.3) is 0 Å². The number of methoxy groups -OCH3 is 1. The molecule has 0 unspecified atom stereocenters. The van der Waals surface area contributed by atoms with E-state index in [-0.39, 0.29) is 23.1 Å². The van der Waals surface area contributed by atoms with Crippen LogP contribution in [0.2, 0.25) is 0 Å². The van der Waals surface area contributed by atoms with Gasteiger partial charge in [0, 0.05) is 29.8 Å². The maximum Gasteiger partial charge on any atom is 0.410 e. The summed E-state index contributed by atoms with van der Waals surface area (Å²) in [7, 11) is 1.21. The first-order valence-electron chi connectivity index (χ1n) is 11.5. The molecule has 2 rings (SSSR count). The van der Waals surface area contributed by atoms with Crippen LogP contribution in [0.4, 0.5) is 14.9 Å². The SMILES string of the molecule is COC(=O)[C@@H](C1CCN(C(=O)OC(C)(C)C)CC1)[C@H](O)c1c(F)cccc1NC(=O)C(C)(C)C. The Labute approximate surface area is 200 Å². The van der Waals surface area contributed by atoms with Gasteiger partial charge in [-0.05, 0) is 51.7 Å². The van der Waals surface area contributed by atoms with Crippen LogP contribution in [0.15, 0.2) is 18.2 Å². The Morgan fingerprint density at radius 1 is 1.12 bits per heavy atom. The normalized spacial score (nSPS) is 17.0. The van der Waals surface area contributed by atoms with Crippen molar-refractivity contribution in [1.82, 2.24) is 4.90 Å². The molecule has 0 spiro atoms. The third-order valence-electron chi connectivity index (χ3n) is 5.79. The largest absolute Gasteiger partial charge is 0.469 e. The van der Waals surface area contributed by atoms with E-state index in [0.29, 0.717) is 25.9 Å². The van der Waals surface area contributed by atoms with Crippen molar-refractivity contribution >= 4 is 23.7 Å². The van der Waals surface area contributed by atoms with Gasteiger partial charge in [-0.15, -0.1) is 0 Å². The number of piperidine rings is 1. The van der Waals surface area contributed by atoms with E-state index in [1.54, 1.807) is 46.4 Å². The summed E-state index contributed by atoms with van der Waals surface area (Å²) in [5, 5.41) is 13.9. The van der Waals surface area contributed by atoms with Gasteiger partial charge in [-0.3, -0.25) is 9.59 Å². The van der Waals surface area contributed by atoms with Crippen molar-refractivity contribution in [3.63, 3.8) is 0 Å². The zero-order valence-corrected chi connectivity index (χ0v) is 21.1. The number of aliphatic hydroxyl groups is 1. The van der Waals surface area contributed by atoms with Crippen LogP contribution >= 0.6 is 0 Å². The number of carbonyl (C=O) groups excluding carboxylic acids is 3. The number of esters is 1. The molecule has 0 aromatic heterocycles. The number of hydrogen-bond acceptors (Lipinski definition) is 6. The fraction of sp³-hybridized carbons (Fsp3) is 0.640. The smallest absolute Gasteiger partial charge is 0.410 e. The van der Waals surface area contributed by atoms with Crippen molar-refractivity contribution in [2.24, 2.45) is 17.3 Å². The second-order valence-corrected chi connectivity index (χ2v) is 10.7. The van der Waals surface area contributed by atoms with E-state index in [9.17, 15) is 23.9 Å². The first-order valence-corrected chi connectivity index (χ1v) is 11.5. The Morgan fingerprint density at radius 2 is 1.71 bits per heavy atom. The van der Waals surface area contributed by atoms with Crippen molar-refractivity contribution < 1.29 is 33.4 Å². The standard InChI is InChI=1S/C25H37FN2O6/c1-24(2,3)22(31)27-17-10-8-9-16(26)19(17)20(29)18(21(30)33-7)15-11-13-28(14-12-15)23(32)34-25(4,5)6/h8-10,15,18,20,29H,11-14H2,1-7H3,(H,27,31)/t18-,20-/m0/s1. The van der Waals surface area contributed by atoms with Crippen LogP contribution < -0.4 is 5.32 Å². The Kier molecular flexibility index (Phi) is 8.69.